The summed E-state index contributed by atoms with van der Waals surface area (Å²) in [7, 11) is 0. The van der Waals surface area contributed by atoms with Crippen molar-refractivity contribution >= 4 is 12.1 Å². The van der Waals surface area contributed by atoms with Crippen LogP contribution in [0.1, 0.15) is 16.7 Å². The minimum Gasteiger partial charge on any atom is -0.489 e. The van der Waals surface area contributed by atoms with Gasteiger partial charge in [-0.25, -0.2) is 10.1 Å². The van der Waals surface area contributed by atoms with Crippen LogP contribution in [0.3, 0.4) is 0 Å². The van der Waals surface area contributed by atoms with E-state index in [-0.39, 0.29) is 6.61 Å². The minimum atomic E-state index is -0.391. The SMILES string of the molecule is O=C(COc1ccc(OCc2ccccc2)cc1)NN=Cc1cn(-c2ccccc2)nc1-c1ccc(OCc2ccccc2)cc1. The van der Waals surface area contributed by atoms with E-state index in [2.05, 4.69) is 10.5 Å². The number of aromatic nitrogens is 2. The second kappa shape index (κ2) is 15.0. The van der Waals surface area contributed by atoms with E-state index in [4.69, 9.17) is 19.3 Å². The van der Waals surface area contributed by atoms with E-state index < -0.39 is 5.91 Å². The number of amides is 1. The molecule has 0 spiro atoms. The third-order valence-electron chi connectivity index (χ3n) is 6.97. The molecule has 46 heavy (non-hydrogen) atoms. The topological polar surface area (TPSA) is 87.0 Å². The number of hydrogen-bond acceptors (Lipinski definition) is 6. The maximum absolute atomic E-state index is 12.5. The van der Waals surface area contributed by atoms with Gasteiger partial charge in [0.05, 0.1) is 11.9 Å². The van der Waals surface area contributed by atoms with Crippen LogP contribution in [0, 0.1) is 0 Å². The van der Waals surface area contributed by atoms with E-state index in [0.29, 0.717) is 30.4 Å². The standard InChI is InChI=1S/C38H32N4O4/c43-37(28-46-36-22-20-35(21-23-36)45-27-30-12-6-2-7-13-30)40-39-24-32-25-42(33-14-8-3-9-15-33)41-38(32)31-16-18-34(19-17-31)44-26-29-10-4-1-5-11-29/h1-25H,26-28H2,(H,40,43). The molecule has 1 amide bonds. The zero-order chi connectivity index (χ0) is 31.4. The zero-order valence-corrected chi connectivity index (χ0v) is 25.0. The lowest BCUT2D eigenvalue weighted by molar-refractivity contribution is -0.123. The molecule has 0 saturated heterocycles. The van der Waals surface area contributed by atoms with E-state index >= 15 is 0 Å². The first-order valence-electron chi connectivity index (χ1n) is 14.8. The van der Waals surface area contributed by atoms with Gasteiger partial charge in [0.25, 0.3) is 5.91 Å². The number of carbonyl (C=O) groups is 1. The molecule has 228 valence electrons. The molecule has 0 saturated carbocycles. The molecule has 1 N–H and O–H groups in total. The summed E-state index contributed by atoms with van der Waals surface area (Å²) in [6, 6.07) is 44.7. The predicted molar refractivity (Wildman–Crippen MR) is 178 cm³/mol. The number of nitrogens with zero attached hydrogens (tertiary/aromatic N) is 3. The summed E-state index contributed by atoms with van der Waals surface area (Å²) in [5, 5.41) is 9.01. The van der Waals surface area contributed by atoms with E-state index in [1.807, 2.05) is 134 Å². The Bertz CT molecular complexity index is 1860. The highest BCUT2D eigenvalue weighted by Crippen LogP contribution is 2.26. The molecule has 0 unspecified atom stereocenters. The Balaban J connectivity index is 1.07. The van der Waals surface area contributed by atoms with Gasteiger partial charge < -0.3 is 14.2 Å². The van der Waals surface area contributed by atoms with E-state index in [1.54, 1.807) is 23.0 Å². The number of hydrogen-bond donors (Lipinski definition) is 1. The van der Waals surface area contributed by atoms with Crippen LogP contribution in [0.4, 0.5) is 0 Å². The molecule has 5 aromatic carbocycles. The van der Waals surface area contributed by atoms with Crippen molar-refractivity contribution in [3.8, 4) is 34.2 Å². The average Bonchev–Trinajstić information content (AvgIpc) is 3.55. The Morgan fingerprint density at radius 1 is 0.652 bits per heavy atom. The number of nitrogens with one attached hydrogen (secondary N) is 1. The van der Waals surface area contributed by atoms with Crippen molar-refractivity contribution in [1.29, 1.82) is 0 Å². The highest BCUT2D eigenvalue weighted by molar-refractivity contribution is 5.89. The fourth-order valence-electron chi connectivity index (χ4n) is 4.60. The van der Waals surface area contributed by atoms with Crippen molar-refractivity contribution in [3.63, 3.8) is 0 Å². The predicted octanol–water partition coefficient (Wildman–Crippen LogP) is 7.23. The van der Waals surface area contributed by atoms with Crippen LogP contribution < -0.4 is 19.6 Å². The van der Waals surface area contributed by atoms with Crippen molar-refractivity contribution in [1.82, 2.24) is 15.2 Å². The third kappa shape index (κ3) is 8.27. The van der Waals surface area contributed by atoms with Gasteiger partial charge in [0.15, 0.2) is 6.61 Å². The maximum atomic E-state index is 12.5. The summed E-state index contributed by atoms with van der Waals surface area (Å²) in [4.78, 5) is 12.5. The summed E-state index contributed by atoms with van der Waals surface area (Å²) < 4.78 is 19.2. The van der Waals surface area contributed by atoms with Crippen molar-refractivity contribution in [2.45, 2.75) is 13.2 Å². The van der Waals surface area contributed by atoms with Crippen LogP contribution in [0.25, 0.3) is 16.9 Å². The summed E-state index contributed by atoms with van der Waals surface area (Å²) in [5.74, 6) is 1.63. The van der Waals surface area contributed by atoms with E-state index in [1.165, 1.54) is 0 Å². The molecule has 0 aliphatic rings. The lowest BCUT2D eigenvalue weighted by Gasteiger charge is -2.08. The average molecular weight is 609 g/mol. The van der Waals surface area contributed by atoms with Crippen LogP contribution in [-0.2, 0) is 18.0 Å². The highest BCUT2D eigenvalue weighted by atomic mass is 16.5. The van der Waals surface area contributed by atoms with Gasteiger partial charge in [-0.3, -0.25) is 4.79 Å². The van der Waals surface area contributed by atoms with Crippen LogP contribution in [0.15, 0.2) is 151 Å². The molecule has 0 aliphatic carbocycles. The Kier molecular flexibility index (Phi) is 9.77. The molecule has 0 radical (unpaired) electrons. The summed E-state index contributed by atoms with van der Waals surface area (Å²) in [6.45, 7) is 0.767. The number of rotatable bonds is 13. The molecule has 1 aromatic heterocycles. The second-order valence-corrected chi connectivity index (χ2v) is 10.3. The summed E-state index contributed by atoms with van der Waals surface area (Å²) in [6.07, 6.45) is 3.45. The number of ether oxygens (including phenoxy) is 3. The van der Waals surface area contributed by atoms with Crippen LogP contribution in [-0.4, -0.2) is 28.5 Å². The Morgan fingerprint density at radius 2 is 1.15 bits per heavy atom. The van der Waals surface area contributed by atoms with Gasteiger partial charge in [0.2, 0.25) is 0 Å². The third-order valence-corrected chi connectivity index (χ3v) is 6.97. The fourth-order valence-corrected chi connectivity index (χ4v) is 4.60. The van der Waals surface area contributed by atoms with Crippen molar-refractivity contribution in [2.75, 3.05) is 6.61 Å². The number of para-hydroxylation sites is 1. The fraction of sp³-hybridized carbons (Fsp3) is 0.0789. The molecular weight excluding hydrogens is 576 g/mol. The van der Waals surface area contributed by atoms with Crippen LogP contribution >= 0.6 is 0 Å². The summed E-state index contributed by atoms with van der Waals surface area (Å²) in [5.41, 5.74) is 7.95. The molecule has 6 rings (SSSR count). The molecule has 0 atom stereocenters. The molecule has 6 aromatic rings. The first kappa shape index (κ1) is 29.9. The lowest BCUT2D eigenvalue weighted by atomic mass is 10.1. The van der Waals surface area contributed by atoms with Gasteiger partial charge in [-0.2, -0.15) is 10.2 Å². The molecule has 0 bridgehead atoms. The smallest absolute Gasteiger partial charge is 0.277 e. The van der Waals surface area contributed by atoms with E-state index in [9.17, 15) is 4.79 Å². The first-order chi connectivity index (χ1) is 22.7. The lowest BCUT2D eigenvalue weighted by Crippen LogP contribution is -2.24. The van der Waals surface area contributed by atoms with Crippen molar-refractivity contribution < 1.29 is 19.0 Å². The van der Waals surface area contributed by atoms with Crippen molar-refractivity contribution in [2.24, 2.45) is 5.10 Å². The van der Waals surface area contributed by atoms with Gasteiger partial charge >= 0.3 is 0 Å². The molecule has 8 nitrogen and oxygen atoms in total. The van der Waals surface area contributed by atoms with E-state index in [0.717, 1.165) is 33.7 Å². The number of carbonyl (C=O) groups excluding carboxylic acids is 1. The normalized spacial score (nSPS) is 10.9. The van der Waals surface area contributed by atoms with Crippen LogP contribution in [0.2, 0.25) is 0 Å². The quantitative estimate of drug-likeness (QED) is 0.110. The number of hydrazone groups is 1. The first-order valence-corrected chi connectivity index (χ1v) is 14.8. The molecule has 8 heteroatoms. The minimum absolute atomic E-state index is 0.192. The van der Waals surface area contributed by atoms with Gasteiger partial charge in [-0.1, -0.05) is 78.9 Å². The van der Waals surface area contributed by atoms with Gasteiger partial charge in [0.1, 0.15) is 36.2 Å². The largest absolute Gasteiger partial charge is 0.489 e. The Labute approximate surface area is 267 Å². The Hall–Kier alpha value is -6.15. The van der Waals surface area contributed by atoms with Crippen molar-refractivity contribution in [3.05, 3.63) is 162 Å². The Morgan fingerprint density at radius 3 is 1.72 bits per heavy atom. The summed E-state index contributed by atoms with van der Waals surface area (Å²) >= 11 is 0. The monoisotopic (exact) mass is 608 g/mol. The molecule has 0 aliphatic heterocycles. The van der Waals surface area contributed by atoms with Gasteiger partial charge in [-0.05, 0) is 71.8 Å². The second-order valence-electron chi connectivity index (χ2n) is 10.3. The maximum Gasteiger partial charge on any atom is 0.277 e. The molecule has 0 fully saturated rings. The molecule has 1 heterocycles. The van der Waals surface area contributed by atoms with Gasteiger partial charge in [-0.15, -0.1) is 0 Å². The molecular formula is C38H32N4O4. The number of benzene rings is 5. The van der Waals surface area contributed by atoms with Gasteiger partial charge in [0, 0.05) is 17.3 Å². The zero-order valence-electron chi connectivity index (χ0n) is 25.0. The van der Waals surface area contributed by atoms with Crippen LogP contribution in [0.5, 0.6) is 17.2 Å². The highest BCUT2D eigenvalue weighted by Gasteiger charge is 2.12.